The molecule has 30 heavy (non-hydrogen) atoms. The lowest BCUT2D eigenvalue weighted by atomic mass is 10.2. The zero-order valence-electron chi connectivity index (χ0n) is 15.4. The Morgan fingerprint density at radius 2 is 2.10 bits per heavy atom. The van der Waals surface area contributed by atoms with Crippen LogP contribution in [-0.2, 0) is 11.3 Å². The molecule has 0 aliphatic carbocycles. The van der Waals surface area contributed by atoms with Gasteiger partial charge in [0.15, 0.2) is 5.17 Å². The molecule has 1 saturated heterocycles. The van der Waals surface area contributed by atoms with Gasteiger partial charge in [-0.1, -0.05) is 18.2 Å². The zero-order chi connectivity index (χ0) is 20.9. The van der Waals surface area contributed by atoms with E-state index in [1.165, 1.54) is 46.3 Å². The highest BCUT2D eigenvalue weighted by Gasteiger charge is 2.34. The minimum atomic E-state index is -0.471. The van der Waals surface area contributed by atoms with Crippen molar-refractivity contribution in [2.45, 2.75) is 6.54 Å². The minimum absolute atomic E-state index is 0.0300. The lowest BCUT2D eigenvalue weighted by Gasteiger charge is -2.12. The molecule has 0 N–H and O–H groups in total. The van der Waals surface area contributed by atoms with Crippen LogP contribution in [0.5, 0.6) is 0 Å². The molecule has 10 heteroatoms. The van der Waals surface area contributed by atoms with Crippen LogP contribution >= 0.6 is 23.1 Å². The van der Waals surface area contributed by atoms with E-state index in [1.54, 1.807) is 30.5 Å². The predicted molar refractivity (Wildman–Crippen MR) is 117 cm³/mol. The van der Waals surface area contributed by atoms with Gasteiger partial charge in [-0.2, -0.15) is 5.10 Å². The van der Waals surface area contributed by atoms with Gasteiger partial charge in [0.05, 0.1) is 28.9 Å². The van der Waals surface area contributed by atoms with Crippen molar-refractivity contribution < 1.29 is 14.1 Å². The normalized spacial score (nSPS) is 16.9. The highest BCUT2D eigenvalue weighted by Crippen LogP contribution is 2.34. The number of nitrogens with zero attached hydrogens (tertiary/aromatic N) is 4. The lowest BCUT2D eigenvalue weighted by Crippen LogP contribution is -2.28. The monoisotopic (exact) mass is 438 g/mol. The highest BCUT2D eigenvalue weighted by molar-refractivity contribution is 8.18. The van der Waals surface area contributed by atoms with Crippen molar-refractivity contribution >= 4 is 52.2 Å². The van der Waals surface area contributed by atoms with Crippen molar-refractivity contribution in [2.24, 2.45) is 10.2 Å². The molecule has 0 saturated carbocycles. The Kier molecular flexibility index (Phi) is 5.87. The van der Waals surface area contributed by atoms with Gasteiger partial charge < -0.3 is 4.42 Å². The van der Waals surface area contributed by atoms with E-state index >= 15 is 0 Å². The van der Waals surface area contributed by atoms with Crippen LogP contribution in [0.4, 0.5) is 5.69 Å². The van der Waals surface area contributed by atoms with Gasteiger partial charge in [0.2, 0.25) is 0 Å². The summed E-state index contributed by atoms with van der Waals surface area (Å²) < 4.78 is 5.36. The number of furan rings is 1. The summed E-state index contributed by atoms with van der Waals surface area (Å²) in [4.78, 5) is 26.3. The van der Waals surface area contributed by atoms with Crippen LogP contribution in [0.3, 0.4) is 0 Å². The van der Waals surface area contributed by atoms with Crippen molar-refractivity contribution in [3.8, 4) is 0 Å². The van der Waals surface area contributed by atoms with Crippen molar-refractivity contribution in [3.05, 3.63) is 91.4 Å². The van der Waals surface area contributed by atoms with Crippen molar-refractivity contribution in [2.75, 3.05) is 0 Å². The van der Waals surface area contributed by atoms with Crippen molar-refractivity contribution in [1.29, 1.82) is 0 Å². The molecule has 1 aliphatic heterocycles. The SMILES string of the molecule is O=C1/C(=C/c2cccs2)S/C(=N/N=C\c2cccc([N+](=O)[O-])c2)N1Cc1ccco1. The van der Waals surface area contributed by atoms with Crippen LogP contribution in [-0.4, -0.2) is 27.1 Å². The summed E-state index contributed by atoms with van der Waals surface area (Å²) in [5.74, 6) is 0.436. The lowest BCUT2D eigenvalue weighted by molar-refractivity contribution is -0.384. The van der Waals surface area contributed by atoms with Crippen LogP contribution in [0.1, 0.15) is 16.2 Å². The molecule has 3 heterocycles. The highest BCUT2D eigenvalue weighted by atomic mass is 32.2. The van der Waals surface area contributed by atoms with Gasteiger partial charge >= 0.3 is 0 Å². The van der Waals surface area contributed by atoms with Gasteiger partial charge in [0.25, 0.3) is 11.6 Å². The third-order valence-electron chi connectivity index (χ3n) is 4.03. The third-order valence-corrected chi connectivity index (χ3v) is 5.85. The summed E-state index contributed by atoms with van der Waals surface area (Å²) in [7, 11) is 0. The molecule has 1 aromatic carbocycles. The molecule has 0 unspecified atom stereocenters. The Hall–Kier alpha value is -3.50. The number of hydrogen-bond acceptors (Lipinski definition) is 8. The molecule has 150 valence electrons. The number of nitro benzene ring substituents is 1. The molecular weight excluding hydrogens is 424 g/mol. The number of non-ortho nitro benzene ring substituents is 1. The van der Waals surface area contributed by atoms with Gasteiger partial charge in [-0.15, -0.1) is 16.4 Å². The summed E-state index contributed by atoms with van der Waals surface area (Å²) >= 11 is 2.76. The smallest absolute Gasteiger partial charge is 0.270 e. The second-order valence-corrected chi connectivity index (χ2v) is 8.06. The molecule has 0 spiro atoms. The number of thiophene rings is 1. The number of hydrogen-bond donors (Lipinski definition) is 0. The Labute approximate surface area is 179 Å². The average molecular weight is 438 g/mol. The van der Waals surface area contributed by atoms with Crippen LogP contribution in [0.2, 0.25) is 0 Å². The first-order chi connectivity index (χ1) is 14.6. The van der Waals surface area contributed by atoms with E-state index in [9.17, 15) is 14.9 Å². The van der Waals surface area contributed by atoms with Gasteiger partial charge in [-0.25, -0.2) is 0 Å². The number of benzene rings is 1. The van der Waals surface area contributed by atoms with E-state index in [-0.39, 0.29) is 18.1 Å². The van der Waals surface area contributed by atoms with E-state index in [1.807, 2.05) is 23.6 Å². The number of carbonyl (C=O) groups is 1. The maximum Gasteiger partial charge on any atom is 0.270 e. The Balaban J connectivity index is 1.60. The van der Waals surface area contributed by atoms with Crippen LogP contribution in [0, 0.1) is 10.1 Å². The quantitative estimate of drug-likeness (QED) is 0.239. The van der Waals surface area contributed by atoms with E-state index in [2.05, 4.69) is 10.2 Å². The molecule has 0 radical (unpaired) electrons. The Bertz CT molecular complexity index is 1150. The average Bonchev–Trinajstić information content (AvgIpc) is 3.49. The molecule has 4 rings (SSSR count). The first kappa shape index (κ1) is 19.8. The van der Waals surface area contributed by atoms with Gasteiger partial charge in [-0.3, -0.25) is 19.8 Å². The molecular formula is C20H14N4O4S2. The number of amidine groups is 1. The van der Waals surface area contributed by atoms with E-state index in [0.717, 1.165) is 4.88 Å². The molecule has 0 atom stereocenters. The topological polar surface area (TPSA) is 101 Å². The summed E-state index contributed by atoms with van der Waals surface area (Å²) in [6.07, 6.45) is 4.78. The number of rotatable bonds is 6. The second kappa shape index (κ2) is 8.89. The fourth-order valence-electron chi connectivity index (χ4n) is 2.65. The molecule has 8 nitrogen and oxygen atoms in total. The first-order valence-corrected chi connectivity index (χ1v) is 10.4. The third kappa shape index (κ3) is 4.56. The van der Waals surface area contributed by atoms with Crippen LogP contribution in [0.15, 0.2) is 79.7 Å². The molecule has 1 fully saturated rings. The fourth-order valence-corrected chi connectivity index (χ4v) is 4.30. The Morgan fingerprint density at radius 3 is 2.83 bits per heavy atom. The molecule has 1 aliphatic rings. The first-order valence-electron chi connectivity index (χ1n) is 8.73. The largest absolute Gasteiger partial charge is 0.467 e. The van der Waals surface area contributed by atoms with Gasteiger partial charge in [-0.05, 0) is 41.4 Å². The molecule has 3 aromatic rings. The van der Waals surface area contributed by atoms with E-state index in [4.69, 9.17) is 4.42 Å². The Morgan fingerprint density at radius 1 is 1.20 bits per heavy atom. The number of amides is 1. The number of nitro groups is 1. The van der Waals surface area contributed by atoms with Crippen LogP contribution < -0.4 is 0 Å². The fraction of sp³-hybridized carbons (Fsp3) is 0.0500. The van der Waals surface area contributed by atoms with Crippen molar-refractivity contribution in [3.63, 3.8) is 0 Å². The molecule has 0 bridgehead atoms. The summed E-state index contributed by atoms with van der Waals surface area (Å²) in [6.45, 7) is 0.228. The van der Waals surface area contributed by atoms with Crippen molar-refractivity contribution in [1.82, 2.24) is 4.90 Å². The summed E-state index contributed by atoms with van der Waals surface area (Å²) in [5, 5.41) is 21.5. The summed E-state index contributed by atoms with van der Waals surface area (Å²) in [6, 6.07) is 13.4. The second-order valence-electron chi connectivity index (χ2n) is 6.08. The maximum atomic E-state index is 12.9. The van der Waals surface area contributed by atoms with E-state index in [0.29, 0.717) is 21.4 Å². The number of carbonyl (C=O) groups excluding carboxylic acids is 1. The predicted octanol–water partition coefficient (Wildman–Crippen LogP) is 4.76. The minimum Gasteiger partial charge on any atom is -0.467 e. The maximum absolute atomic E-state index is 12.9. The van der Waals surface area contributed by atoms with Gasteiger partial charge in [0.1, 0.15) is 5.76 Å². The molecule has 2 aromatic heterocycles. The van der Waals surface area contributed by atoms with Crippen LogP contribution in [0.25, 0.3) is 6.08 Å². The number of thioether (sulfide) groups is 1. The van der Waals surface area contributed by atoms with Gasteiger partial charge in [0, 0.05) is 22.6 Å². The zero-order valence-corrected chi connectivity index (χ0v) is 17.0. The summed E-state index contributed by atoms with van der Waals surface area (Å²) in [5.41, 5.74) is 0.507. The molecule has 1 amide bonds. The standard InChI is InChI=1S/C20H14N4O4S2/c25-19-18(11-17-7-3-9-29-17)30-20(23(19)13-16-6-2-8-28-16)22-21-12-14-4-1-5-15(10-14)24(26)27/h1-12H,13H2/b18-11-,21-12-,22-20+. The van der Waals surface area contributed by atoms with E-state index < -0.39 is 4.92 Å².